The van der Waals surface area contributed by atoms with Gasteiger partial charge in [-0.05, 0) is 23.1 Å². The van der Waals surface area contributed by atoms with Crippen LogP contribution in [0.5, 0.6) is 5.75 Å². The second-order valence-corrected chi connectivity index (χ2v) is 3.42. The van der Waals surface area contributed by atoms with E-state index in [0.717, 1.165) is 18.8 Å². The third-order valence-corrected chi connectivity index (χ3v) is 2.27. The van der Waals surface area contributed by atoms with E-state index in [9.17, 15) is 0 Å². The number of hydrogen-bond donors (Lipinski definition) is 0. The van der Waals surface area contributed by atoms with Crippen LogP contribution in [0.4, 0.5) is 0 Å². The smallest absolute Gasteiger partial charge is 0.122 e. The van der Waals surface area contributed by atoms with E-state index in [-0.39, 0.29) is 0 Å². The van der Waals surface area contributed by atoms with Crippen molar-refractivity contribution in [1.82, 2.24) is 0 Å². The maximum atomic E-state index is 5.42. The minimum absolute atomic E-state index is 0.849. The maximum Gasteiger partial charge on any atom is 0.122 e. The first-order valence-corrected chi connectivity index (χ1v) is 4.33. The second-order valence-electron chi connectivity index (χ2n) is 3.42. The minimum atomic E-state index is 0.849. The van der Waals surface area contributed by atoms with Crippen molar-refractivity contribution in [3.63, 3.8) is 0 Å². The van der Waals surface area contributed by atoms with E-state index in [2.05, 4.69) is 32.0 Å². The number of hydrogen-bond acceptors (Lipinski definition) is 1. The number of rotatable bonds is 1. The quantitative estimate of drug-likeness (QED) is 0.615. The van der Waals surface area contributed by atoms with Gasteiger partial charge in [-0.15, -0.1) is 0 Å². The molecule has 1 aromatic rings. The average Bonchev–Trinajstić information content (AvgIpc) is 2.49. The van der Waals surface area contributed by atoms with Gasteiger partial charge < -0.3 is 4.74 Å². The van der Waals surface area contributed by atoms with Gasteiger partial charge in [0.1, 0.15) is 5.75 Å². The van der Waals surface area contributed by atoms with Crippen molar-refractivity contribution in [3.05, 3.63) is 35.2 Å². The molecule has 0 atom stereocenters. The summed E-state index contributed by atoms with van der Waals surface area (Å²) in [6.07, 6.45) is 1.07. The van der Waals surface area contributed by atoms with Gasteiger partial charge in [-0.2, -0.15) is 0 Å². The fourth-order valence-electron chi connectivity index (χ4n) is 1.50. The Balaban J connectivity index is 2.39. The first kappa shape index (κ1) is 7.66. The Morgan fingerprint density at radius 2 is 2.17 bits per heavy atom. The van der Waals surface area contributed by atoms with Gasteiger partial charge >= 0.3 is 0 Å². The van der Waals surface area contributed by atoms with Crippen molar-refractivity contribution < 1.29 is 4.74 Å². The third kappa shape index (κ3) is 1.20. The molecule has 0 aromatic heterocycles. The van der Waals surface area contributed by atoms with Gasteiger partial charge in [0.25, 0.3) is 0 Å². The summed E-state index contributed by atoms with van der Waals surface area (Å²) >= 11 is 0. The molecule has 1 aliphatic heterocycles. The van der Waals surface area contributed by atoms with Crippen LogP contribution < -0.4 is 4.74 Å². The van der Waals surface area contributed by atoms with Crippen LogP contribution >= 0.6 is 0 Å². The van der Waals surface area contributed by atoms with E-state index in [0.29, 0.717) is 0 Å². The summed E-state index contributed by atoms with van der Waals surface area (Å²) in [4.78, 5) is 0. The summed E-state index contributed by atoms with van der Waals surface area (Å²) in [5.74, 6) is 2.43. The van der Waals surface area contributed by atoms with E-state index in [1.165, 1.54) is 17.0 Å². The zero-order chi connectivity index (χ0) is 8.55. The Hall–Kier alpha value is -0.980. The van der Waals surface area contributed by atoms with Crippen LogP contribution in [-0.2, 0) is 6.42 Å². The molecule has 0 amide bonds. The molecular weight excluding hydrogens is 148 g/mol. The lowest BCUT2D eigenvalue weighted by molar-refractivity contribution is 0.357. The molecule has 0 unspecified atom stereocenters. The highest BCUT2D eigenvalue weighted by Gasteiger charge is 2.12. The molecule has 1 radical (unpaired) electrons. The maximum absolute atomic E-state index is 5.42. The lowest BCUT2D eigenvalue weighted by Gasteiger charge is -2.05. The Kier molecular flexibility index (Phi) is 1.80. The molecule has 1 aliphatic rings. The molecular formula is C11H13O. The van der Waals surface area contributed by atoms with Crippen LogP contribution in [0, 0.1) is 5.92 Å². The molecule has 63 valence electrons. The van der Waals surface area contributed by atoms with Gasteiger partial charge in [0.2, 0.25) is 0 Å². The van der Waals surface area contributed by atoms with Crippen molar-refractivity contribution in [2.24, 2.45) is 0 Å². The lowest BCUT2D eigenvalue weighted by Crippen LogP contribution is -1.88. The van der Waals surface area contributed by atoms with Crippen LogP contribution in [0.3, 0.4) is 0 Å². The van der Waals surface area contributed by atoms with Crippen LogP contribution in [0.1, 0.15) is 25.0 Å². The van der Waals surface area contributed by atoms with Crippen molar-refractivity contribution in [2.75, 3.05) is 6.61 Å². The van der Waals surface area contributed by atoms with Gasteiger partial charge in [-0.25, -0.2) is 0 Å². The molecule has 1 aromatic carbocycles. The summed E-state index contributed by atoms with van der Waals surface area (Å²) in [6, 6.07) is 6.43. The highest BCUT2D eigenvalue weighted by molar-refractivity contribution is 5.43. The topological polar surface area (TPSA) is 9.23 Å². The summed E-state index contributed by atoms with van der Waals surface area (Å²) in [7, 11) is 0. The Labute approximate surface area is 73.4 Å². The zero-order valence-corrected chi connectivity index (χ0v) is 7.55. The van der Waals surface area contributed by atoms with Gasteiger partial charge in [0.05, 0.1) is 6.61 Å². The molecule has 1 heteroatoms. The standard InChI is InChI=1S/C11H13O/c1-8(2)9-3-4-11-10(7-9)5-6-12-11/h3-4,7H,5-6H2,1-2H3. The minimum Gasteiger partial charge on any atom is -0.493 e. The molecule has 0 saturated heterocycles. The molecule has 0 fully saturated rings. The summed E-state index contributed by atoms with van der Waals surface area (Å²) in [6.45, 7) is 5.12. The largest absolute Gasteiger partial charge is 0.493 e. The molecule has 0 aliphatic carbocycles. The summed E-state index contributed by atoms with van der Waals surface area (Å²) < 4.78 is 5.42. The summed E-state index contributed by atoms with van der Waals surface area (Å²) in [5, 5.41) is 0. The van der Waals surface area contributed by atoms with Gasteiger partial charge in [0.15, 0.2) is 0 Å². The fraction of sp³-hybridized carbons (Fsp3) is 0.364. The van der Waals surface area contributed by atoms with E-state index >= 15 is 0 Å². The molecule has 0 N–H and O–H groups in total. The fourth-order valence-corrected chi connectivity index (χ4v) is 1.50. The Morgan fingerprint density at radius 3 is 2.92 bits per heavy atom. The van der Waals surface area contributed by atoms with E-state index < -0.39 is 0 Å². The van der Waals surface area contributed by atoms with E-state index in [4.69, 9.17) is 4.74 Å². The molecule has 1 heterocycles. The number of fused-ring (bicyclic) bond motifs is 1. The van der Waals surface area contributed by atoms with Crippen molar-refractivity contribution in [2.45, 2.75) is 20.3 Å². The van der Waals surface area contributed by atoms with Crippen LogP contribution in [0.15, 0.2) is 18.2 Å². The van der Waals surface area contributed by atoms with Crippen molar-refractivity contribution in [3.8, 4) is 5.75 Å². The molecule has 0 bridgehead atoms. The molecule has 2 rings (SSSR count). The normalized spacial score (nSPS) is 14.6. The van der Waals surface area contributed by atoms with Gasteiger partial charge in [-0.1, -0.05) is 26.0 Å². The predicted octanol–water partition coefficient (Wildman–Crippen LogP) is 2.58. The van der Waals surface area contributed by atoms with Crippen LogP contribution in [0.2, 0.25) is 0 Å². The van der Waals surface area contributed by atoms with Gasteiger partial charge in [-0.3, -0.25) is 0 Å². The Bertz CT molecular complexity index is 289. The number of benzene rings is 1. The average molecular weight is 161 g/mol. The predicted molar refractivity (Wildman–Crippen MR) is 49.3 cm³/mol. The van der Waals surface area contributed by atoms with Crippen molar-refractivity contribution in [1.29, 1.82) is 0 Å². The third-order valence-electron chi connectivity index (χ3n) is 2.27. The first-order chi connectivity index (χ1) is 5.77. The SMILES string of the molecule is C[C](C)c1ccc2c(c1)CCO2. The second kappa shape index (κ2) is 2.81. The lowest BCUT2D eigenvalue weighted by atomic mass is 10.00. The van der Waals surface area contributed by atoms with Crippen LogP contribution in [-0.4, -0.2) is 6.61 Å². The Morgan fingerprint density at radius 1 is 1.33 bits per heavy atom. The zero-order valence-electron chi connectivity index (χ0n) is 7.55. The van der Waals surface area contributed by atoms with E-state index in [1.807, 2.05) is 0 Å². The van der Waals surface area contributed by atoms with E-state index in [1.54, 1.807) is 0 Å². The first-order valence-electron chi connectivity index (χ1n) is 4.33. The van der Waals surface area contributed by atoms with Gasteiger partial charge in [0, 0.05) is 6.42 Å². The monoisotopic (exact) mass is 161 g/mol. The van der Waals surface area contributed by atoms with Crippen molar-refractivity contribution >= 4 is 0 Å². The molecule has 0 saturated carbocycles. The highest BCUT2D eigenvalue weighted by atomic mass is 16.5. The van der Waals surface area contributed by atoms with Crippen LogP contribution in [0.25, 0.3) is 0 Å². The number of ether oxygens (including phenoxy) is 1. The molecule has 1 nitrogen and oxygen atoms in total. The highest BCUT2D eigenvalue weighted by Crippen LogP contribution is 2.28. The summed E-state index contributed by atoms with van der Waals surface area (Å²) in [5.41, 5.74) is 2.69. The molecule has 12 heavy (non-hydrogen) atoms. The molecule has 0 spiro atoms.